The molecule has 1 aliphatic rings. The molecule has 0 atom stereocenters. The summed E-state index contributed by atoms with van der Waals surface area (Å²) in [6.45, 7) is 0.572. The summed E-state index contributed by atoms with van der Waals surface area (Å²) in [5, 5.41) is 0.881. The highest BCUT2D eigenvalue weighted by Crippen LogP contribution is 2.23. The van der Waals surface area contributed by atoms with E-state index in [1.807, 2.05) is 29.8 Å². The van der Waals surface area contributed by atoms with E-state index in [2.05, 4.69) is 16.9 Å². The second-order valence-electron chi connectivity index (χ2n) is 5.50. The first-order valence-corrected chi connectivity index (χ1v) is 8.22. The number of hydrogen-bond donors (Lipinski definition) is 2. The second-order valence-corrected chi connectivity index (χ2v) is 6.53. The Morgan fingerprint density at radius 1 is 1.22 bits per heavy atom. The van der Waals surface area contributed by atoms with E-state index in [9.17, 15) is 9.59 Å². The molecule has 0 saturated carbocycles. The number of nitrogens with one attached hydrogen (secondary N) is 2. The minimum atomic E-state index is -0.186. The Kier molecular flexibility index (Phi) is 3.19. The van der Waals surface area contributed by atoms with Crippen LogP contribution in [0.4, 0.5) is 10.8 Å². The van der Waals surface area contributed by atoms with E-state index in [4.69, 9.17) is 0 Å². The maximum atomic E-state index is 12.3. The lowest BCUT2D eigenvalue weighted by Gasteiger charge is -2.14. The second kappa shape index (κ2) is 5.24. The van der Waals surface area contributed by atoms with Crippen LogP contribution in [0.15, 0.2) is 35.3 Å². The maximum Gasteiger partial charge on any atom is 0.358 e. The number of hydrogen-bond acceptors (Lipinski definition) is 5. The molecular weight excluding hydrogens is 314 g/mol. The largest absolute Gasteiger partial charge is 0.358 e. The Morgan fingerprint density at radius 3 is 2.83 bits per heavy atom. The highest BCUT2D eigenvalue weighted by Gasteiger charge is 2.22. The minimum Gasteiger partial charge on any atom is -0.273 e. The van der Waals surface area contributed by atoms with Crippen LogP contribution >= 0.6 is 11.3 Å². The molecule has 118 valence electrons. The third-order valence-electron chi connectivity index (χ3n) is 4.03. The monoisotopic (exact) mass is 330 g/mol. The van der Waals surface area contributed by atoms with E-state index in [1.54, 1.807) is 17.5 Å². The van der Waals surface area contributed by atoms with Crippen LogP contribution in [0, 0.1) is 0 Å². The van der Waals surface area contributed by atoms with Crippen molar-refractivity contribution in [2.24, 2.45) is 7.05 Å². The predicted molar refractivity (Wildman–Crippen MR) is 88.8 cm³/mol. The third-order valence-corrected chi connectivity index (χ3v) is 5.17. The van der Waals surface area contributed by atoms with Crippen LogP contribution in [0.2, 0.25) is 0 Å². The van der Waals surface area contributed by atoms with Gasteiger partial charge in [0, 0.05) is 13.0 Å². The number of hydrazine groups is 1. The number of para-hydroxylation sites is 1. The first-order chi connectivity index (χ1) is 11.1. The lowest BCUT2D eigenvalue weighted by Crippen LogP contribution is -2.33. The molecule has 0 spiro atoms. The number of anilines is 2. The summed E-state index contributed by atoms with van der Waals surface area (Å²) in [7, 11) is 1.96. The fourth-order valence-corrected chi connectivity index (χ4v) is 3.81. The van der Waals surface area contributed by atoms with Crippen LogP contribution in [0.1, 0.15) is 17.6 Å². The average Bonchev–Trinajstić information content (AvgIpc) is 3.05. The zero-order valence-electron chi connectivity index (χ0n) is 12.6. The van der Waals surface area contributed by atoms with Gasteiger partial charge in [0.2, 0.25) is 5.91 Å². The van der Waals surface area contributed by atoms with Crippen molar-refractivity contribution in [2.75, 3.05) is 10.9 Å². The van der Waals surface area contributed by atoms with Gasteiger partial charge in [-0.2, -0.15) is 5.43 Å². The van der Waals surface area contributed by atoms with E-state index >= 15 is 0 Å². The van der Waals surface area contributed by atoms with E-state index in [1.165, 1.54) is 9.36 Å². The number of carbonyl (C=O) groups excluding carboxylic acids is 1. The molecule has 1 aromatic carbocycles. The quantitative estimate of drug-likeness (QED) is 0.565. The molecule has 2 N–H and O–H groups in total. The first-order valence-electron chi connectivity index (χ1n) is 7.40. The molecule has 7 nitrogen and oxygen atoms in total. The van der Waals surface area contributed by atoms with E-state index in [0.717, 1.165) is 15.3 Å². The number of carbonyl (C=O) groups is 1. The number of benzene rings is 1. The van der Waals surface area contributed by atoms with Gasteiger partial charge in [0.15, 0.2) is 5.69 Å². The van der Waals surface area contributed by atoms with Crippen LogP contribution < -0.4 is 21.0 Å². The fraction of sp³-hybridized carbons (Fsp3) is 0.267. The Bertz CT molecular complexity index is 968. The lowest BCUT2D eigenvalue weighted by molar-refractivity contribution is -0.626. The average molecular weight is 330 g/mol. The summed E-state index contributed by atoms with van der Waals surface area (Å²) in [6.07, 6.45) is 2.75. The van der Waals surface area contributed by atoms with Crippen LogP contribution in [-0.4, -0.2) is 15.3 Å². The van der Waals surface area contributed by atoms with Crippen molar-refractivity contribution in [3.63, 3.8) is 0 Å². The van der Waals surface area contributed by atoms with E-state index in [0.29, 0.717) is 25.1 Å². The van der Waals surface area contributed by atoms with Crippen molar-refractivity contribution in [3.8, 4) is 0 Å². The van der Waals surface area contributed by atoms with Crippen molar-refractivity contribution in [3.05, 3.63) is 40.8 Å². The van der Waals surface area contributed by atoms with Gasteiger partial charge in [-0.3, -0.25) is 9.59 Å². The summed E-state index contributed by atoms with van der Waals surface area (Å²) >= 11 is 1.59. The van der Waals surface area contributed by atoms with Crippen LogP contribution in [0.5, 0.6) is 0 Å². The molecule has 3 aromatic rings. The van der Waals surface area contributed by atoms with Crippen molar-refractivity contribution in [2.45, 2.75) is 19.4 Å². The van der Waals surface area contributed by atoms with Crippen molar-refractivity contribution in [1.29, 1.82) is 0 Å². The number of thiazole rings is 1. The summed E-state index contributed by atoms with van der Waals surface area (Å²) in [5.74, 6) is -0.0474. The van der Waals surface area contributed by atoms with Gasteiger partial charge in [-0.05, 0) is 29.9 Å². The molecule has 0 bridgehead atoms. The normalized spacial score (nSPS) is 14.0. The van der Waals surface area contributed by atoms with E-state index < -0.39 is 0 Å². The molecule has 0 unspecified atom stereocenters. The van der Waals surface area contributed by atoms with Crippen LogP contribution in [-0.2, 0) is 13.6 Å². The fourth-order valence-electron chi connectivity index (χ4n) is 2.81. The van der Waals surface area contributed by atoms with Gasteiger partial charge >= 0.3 is 5.13 Å². The lowest BCUT2D eigenvalue weighted by atomic mass is 10.3. The zero-order chi connectivity index (χ0) is 16.0. The Labute approximate surface area is 135 Å². The molecule has 8 heteroatoms. The number of rotatable bonds is 3. The standard InChI is InChI=1S/C15H15N5O2S/c1-18-11-5-2-3-6-12(11)23-15(18)17-16-10-9-20-13(21)7-4-8-19(20)14(10)22/h2-3,5-6,9,16H,4,7-8H2,1H3/p+1. The summed E-state index contributed by atoms with van der Waals surface area (Å²) in [4.78, 5) is 24.2. The molecule has 0 fully saturated rings. The van der Waals surface area contributed by atoms with Crippen molar-refractivity contribution < 1.29 is 9.36 Å². The molecule has 23 heavy (non-hydrogen) atoms. The molecule has 0 radical (unpaired) electrons. The van der Waals surface area contributed by atoms with Gasteiger partial charge in [-0.1, -0.05) is 12.1 Å². The van der Waals surface area contributed by atoms with Gasteiger partial charge in [0.25, 0.3) is 5.56 Å². The van der Waals surface area contributed by atoms with Gasteiger partial charge < -0.3 is 0 Å². The highest BCUT2D eigenvalue weighted by atomic mass is 32.1. The SMILES string of the molecule is C[n+]1c(NNc2cn3n(c2=O)CCCC3=O)sc2ccccc21. The van der Waals surface area contributed by atoms with Crippen molar-refractivity contribution >= 4 is 38.3 Å². The molecule has 4 rings (SSSR count). The molecule has 2 aromatic heterocycles. The van der Waals surface area contributed by atoms with Gasteiger partial charge in [-0.15, -0.1) is 0 Å². The van der Waals surface area contributed by atoms with Crippen molar-refractivity contribution in [1.82, 2.24) is 9.36 Å². The topological polar surface area (TPSA) is 71.9 Å². The first kappa shape index (κ1) is 14.0. The molecule has 0 amide bonds. The summed E-state index contributed by atoms with van der Waals surface area (Å²) in [5.41, 5.74) is 7.32. The molecule has 0 aliphatic carbocycles. The summed E-state index contributed by atoms with van der Waals surface area (Å²) in [6, 6.07) is 8.08. The predicted octanol–water partition coefficient (Wildman–Crippen LogP) is 1.56. The molecule has 1 aliphatic heterocycles. The van der Waals surface area contributed by atoms with Gasteiger partial charge in [0.05, 0.1) is 17.9 Å². The molecular formula is C15H16N5O2S+. The van der Waals surface area contributed by atoms with E-state index in [-0.39, 0.29) is 11.5 Å². The Morgan fingerprint density at radius 2 is 2.04 bits per heavy atom. The Balaban J connectivity index is 1.63. The number of aryl methyl sites for hydroxylation is 1. The highest BCUT2D eigenvalue weighted by molar-refractivity contribution is 7.21. The zero-order valence-corrected chi connectivity index (χ0v) is 13.4. The molecule has 3 heterocycles. The number of nitrogens with zero attached hydrogens (tertiary/aromatic N) is 3. The Hall–Kier alpha value is -2.61. The van der Waals surface area contributed by atoms with Gasteiger partial charge in [-0.25, -0.2) is 19.4 Å². The van der Waals surface area contributed by atoms with Crippen LogP contribution in [0.25, 0.3) is 10.2 Å². The number of fused-ring (bicyclic) bond motifs is 2. The molecule has 0 saturated heterocycles. The maximum absolute atomic E-state index is 12.3. The third kappa shape index (κ3) is 2.22. The van der Waals surface area contributed by atoms with Crippen LogP contribution in [0.3, 0.4) is 0 Å². The smallest absolute Gasteiger partial charge is 0.273 e. The minimum absolute atomic E-state index is 0.0474. The number of aromatic nitrogens is 3. The summed E-state index contributed by atoms with van der Waals surface area (Å²) < 4.78 is 6.05. The van der Waals surface area contributed by atoms with Gasteiger partial charge in [0.1, 0.15) is 5.52 Å².